The molecule has 0 aliphatic heterocycles. The number of benzene rings is 2. The predicted molar refractivity (Wildman–Crippen MR) is 103 cm³/mol. The summed E-state index contributed by atoms with van der Waals surface area (Å²) >= 11 is 0. The number of hydrogen-bond acceptors (Lipinski definition) is 4. The molecule has 0 saturated carbocycles. The molecule has 134 valence electrons. The molecular weight excluding hydrogens is 328 g/mol. The first-order valence-corrected chi connectivity index (χ1v) is 8.50. The summed E-state index contributed by atoms with van der Waals surface area (Å²) < 4.78 is 5.11. The number of phenols is 1. The summed E-state index contributed by atoms with van der Waals surface area (Å²) in [6, 6.07) is 13.3. The van der Waals surface area contributed by atoms with Crippen molar-refractivity contribution >= 4 is 16.8 Å². The zero-order valence-electron chi connectivity index (χ0n) is 15.2. The molecule has 0 unspecified atom stereocenters. The molecule has 0 aliphatic rings. The summed E-state index contributed by atoms with van der Waals surface area (Å²) in [5, 5.41) is 13.8. The van der Waals surface area contributed by atoms with Crippen LogP contribution in [0.4, 0.5) is 0 Å². The number of aryl methyl sites for hydroxylation is 2. The second-order valence-corrected chi connectivity index (χ2v) is 6.20. The minimum absolute atomic E-state index is 0.00922. The van der Waals surface area contributed by atoms with Gasteiger partial charge in [0.05, 0.1) is 18.3 Å². The van der Waals surface area contributed by atoms with E-state index in [0.717, 1.165) is 33.3 Å². The molecule has 0 bridgehead atoms. The van der Waals surface area contributed by atoms with Crippen molar-refractivity contribution in [2.24, 2.45) is 0 Å². The summed E-state index contributed by atoms with van der Waals surface area (Å²) in [6.45, 7) is 2.04. The Hall–Kier alpha value is -3.08. The Labute approximate surface area is 152 Å². The molecule has 5 nitrogen and oxygen atoms in total. The number of aromatic nitrogens is 1. The number of carbonyl (C=O) groups excluding carboxylic acids is 1. The molecule has 1 amide bonds. The number of amides is 1. The van der Waals surface area contributed by atoms with Crippen molar-refractivity contribution in [3.63, 3.8) is 0 Å². The second kappa shape index (κ2) is 7.44. The molecule has 0 aliphatic carbocycles. The molecule has 2 N–H and O–H groups in total. The van der Waals surface area contributed by atoms with E-state index >= 15 is 0 Å². The van der Waals surface area contributed by atoms with Gasteiger partial charge in [-0.25, -0.2) is 4.98 Å². The molecular formula is C21H22N2O3. The van der Waals surface area contributed by atoms with E-state index in [4.69, 9.17) is 9.72 Å². The number of carbonyl (C=O) groups is 1. The van der Waals surface area contributed by atoms with Crippen molar-refractivity contribution in [3.8, 4) is 22.8 Å². The fraction of sp³-hybridized carbons (Fsp3) is 0.238. The van der Waals surface area contributed by atoms with Crippen LogP contribution in [0.1, 0.15) is 17.5 Å². The van der Waals surface area contributed by atoms with Crippen LogP contribution in [0, 0.1) is 6.92 Å². The molecule has 0 fully saturated rings. The number of phenolic OH excluding ortho intramolecular Hbond substituents is 1. The van der Waals surface area contributed by atoms with Crippen LogP contribution < -0.4 is 10.1 Å². The van der Waals surface area contributed by atoms with Crippen molar-refractivity contribution < 1.29 is 14.6 Å². The molecule has 0 saturated heterocycles. The number of rotatable bonds is 5. The van der Waals surface area contributed by atoms with Crippen LogP contribution in [0.3, 0.4) is 0 Å². The Morgan fingerprint density at radius 1 is 1.23 bits per heavy atom. The molecule has 26 heavy (non-hydrogen) atoms. The monoisotopic (exact) mass is 350 g/mol. The minimum Gasteiger partial charge on any atom is -0.504 e. The molecule has 1 aromatic heterocycles. The van der Waals surface area contributed by atoms with Crippen LogP contribution >= 0.6 is 0 Å². The zero-order valence-corrected chi connectivity index (χ0v) is 15.2. The van der Waals surface area contributed by atoms with Gasteiger partial charge in [-0.15, -0.1) is 0 Å². The lowest BCUT2D eigenvalue weighted by Gasteiger charge is -2.12. The highest BCUT2D eigenvalue weighted by atomic mass is 16.5. The second-order valence-electron chi connectivity index (χ2n) is 6.20. The van der Waals surface area contributed by atoms with Crippen LogP contribution in [0.5, 0.6) is 11.5 Å². The molecule has 0 spiro atoms. The van der Waals surface area contributed by atoms with Gasteiger partial charge in [0, 0.05) is 24.4 Å². The van der Waals surface area contributed by atoms with Gasteiger partial charge in [-0.2, -0.15) is 0 Å². The fourth-order valence-electron chi connectivity index (χ4n) is 3.05. The first-order chi connectivity index (χ1) is 12.5. The summed E-state index contributed by atoms with van der Waals surface area (Å²) in [5.74, 6) is 0.518. The van der Waals surface area contributed by atoms with Crippen LogP contribution in [-0.4, -0.2) is 30.2 Å². The third-order valence-corrected chi connectivity index (χ3v) is 4.50. The third kappa shape index (κ3) is 3.47. The predicted octanol–water partition coefficient (Wildman–Crippen LogP) is 3.60. The SMILES string of the molecule is CNC(=O)CCc1cccc2c(C)cc(-c3ccc(OC)c(O)c3)nc12. The number of nitrogens with one attached hydrogen (secondary N) is 1. The molecule has 2 aromatic carbocycles. The van der Waals surface area contributed by atoms with E-state index in [1.807, 2.05) is 37.3 Å². The number of hydrogen-bond donors (Lipinski definition) is 2. The highest BCUT2D eigenvalue weighted by Gasteiger charge is 2.11. The van der Waals surface area contributed by atoms with E-state index < -0.39 is 0 Å². The molecule has 1 heterocycles. The smallest absolute Gasteiger partial charge is 0.220 e. The van der Waals surface area contributed by atoms with Gasteiger partial charge in [0.2, 0.25) is 5.91 Å². The van der Waals surface area contributed by atoms with Crippen molar-refractivity contribution in [2.75, 3.05) is 14.2 Å². The maximum Gasteiger partial charge on any atom is 0.220 e. The summed E-state index contributed by atoms with van der Waals surface area (Å²) in [5.41, 5.74) is 4.62. The Bertz CT molecular complexity index is 967. The Balaban J connectivity index is 2.08. The van der Waals surface area contributed by atoms with Gasteiger partial charge in [-0.05, 0) is 48.7 Å². The first-order valence-electron chi connectivity index (χ1n) is 8.50. The average molecular weight is 350 g/mol. The van der Waals surface area contributed by atoms with Crippen molar-refractivity contribution in [1.82, 2.24) is 10.3 Å². The summed E-state index contributed by atoms with van der Waals surface area (Å²) in [6.07, 6.45) is 1.05. The van der Waals surface area contributed by atoms with E-state index in [2.05, 4.69) is 5.32 Å². The van der Waals surface area contributed by atoms with E-state index in [9.17, 15) is 9.90 Å². The number of fused-ring (bicyclic) bond motifs is 1. The molecule has 3 rings (SSSR count). The fourth-order valence-corrected chi connectivity index (χ4v) is 3.05. The first kappa shape index (κ1) is 17.7. The zero-order chi connectivity index (χ0) is 18.7. The maximum absolute atomic E-state index is 11.6. The van der Waals surface area contributed by atoms with Gasteiger partial charge in [0.25, 0.3) is 0 Å². The Kier molecular flexibility index (Phi) is 5.07. The molecule has 3 aromatic rings. The van der Waals surface area contributed by atoms with E-state index in [1.54, 1.807) is 19.2 Å². The summed E-state index contributed by atoms with van der Waals surface area (Å²) in [4.78, 5) is 16.4. The third-order valence-electron chi connectivity index (χ3n) is 4.50. The lowest BCUT2D eigenvalue weighted by atomic mass is 10.00. The van der Waals surface area contributed by atoms with Crippen molar-refractivity contribution in [1.29, 1.82) is 0 Å². The van der Waals surface area contributed by atoms with Crippen molar-refractivity contribution in [2.45, 2.75) is 19.8 Å². The highest BCUT2D eigenvalue weighted by Crippen LogP contribution is 2.32. The van der Waals surface area contributed by atoms with Crippen LogP contribution in [0.15, 0.2) is 42.5 Å². The topological polar surface area (TPSA) is 71.5 Å². The number of methoxy groups -OCH3 is 1. The maximum atomic E-state index is 11.6. The number of para-hydroxylation sites is 1. The Morgan fingerprint density at radius 3 is 2.73 bits per heavy atom. The van der Waals surface area contributed by atoms with Gasteiger partial charge >= 0.3 is 0 Å². The van der Waals surface area contributed by atoms with Crippen LogP contribution in [0.25, 0.3) is 22.2 Å². The van der Waals surface area contributed by atoms with Gasteiger partial charge in [-0.3, -0.25) is 4.79 Å². The average Bonchev–Trinajstić information content (AvgIpc) is 2.66. The van der Waals surface area contributed by atoms with E-state index in [1.165, 1.54) is 7.11 Å². The summed E-state index contributed by atoms with van der Waals surface area (Å²) in [7, 11) is 3.16. The van der Waals surface area contributed by atoms with Gasteiger partial charge in [0.1, 0.15) is 0 Å². The van der Waals surface area contributed by atoms with Gasteiger partial charge in [-0.1, -0.05) is 18.2 Å². The molecule has 5 heteroatoms. The molecule has 0 radical (unpaired) electrons. The minimum atomic E-state index is 0.00922. The number of pyridine rings is 1. The number of ether oxygens (including phenoxy) is 1. The lowest BCUT2D eigenvalue weighted by molar-refractivity contribution is -0.120. The largest absolute Gasteiger partial charge is 0.504 e. The van der Waals surface area contributed by atoms with Crippen LogP contribution in [0.2, 0.25) is 0 Å². The normalized spacial score (nSPS) is 10.7. The standard InChI is InChI=1S/C21H22N2O3/c1-13-11-17(15-7-9-19(26-3)18(24)12-15)23-21-14(5-4-6-16(13)21)8-10-20(25)22-2/h4-7,9,11-12,24H,8,10H2,1-3H3,(H,22,25). The van der Waals surface area contributed by atoms with Crippen LogP contribution in [-0.2, 0) is 11.2 Å². The number of nitrogens with zero attached hydrogens (tertiary/aromatic N) is 1. The van der Waals surface area contributed by atoms with E-state index in [-0.39, 0.29) is 11.7 Å². The number of aromatic hydroxyl groups is 1. The van der Waals surface area contributed by atoms with E-state index in [0.29, 0.717) is 18.6 Å². The quantitative estimate of drug-likeness (QED) is 0.737. The van der Waals surface area contributed by atoms with Crippen molar-refractivity contribution in [3.05, 3.63) is 53.6 Å². The lowest BCUT2D eigenvalue weighted by Crippen LogP contribution is -2.18. The Morgan fingerprint density at radius 2 is 2.04 bits per heavy atom. The van der Waals surface area contributed by atoms with Gasteiger partial charge in [0.15, 0.2) is 11.5 Å². The molecule has 0 atom stereocenters. The van der Waals surface area contributed by atoms with Gasteiger partial charge < -0.3 is 15.2 Å². The highest BCUT2D eigenvalue weighted by molar-refractivity contribution is 5.88.